The molecule has 1 aromatic carbocycles. The van der Waals surface area contributed by atoms with Gasteiger partial charge in [0.25, 0.3) is 0 Å². The minimum Gasteiger partial charge on any atom is -0.0991 e. The van der Waals surface area contributed by atoms with Gasteiger partial charge in [-0.15, -0.1) is 0 Å². The van der Waals surface area contributed by atoms with Crippen LogP contribution in [0.4, 0.5) is 0 Å². The summed E-state index contributed by atoms with van der Waals surface area (Å²) in [6.07, 6.45) is 12.8. The summed E-state index contributed by atoms with van der Waals surface area (Å²) < 4.78 is 0. The third-order valence-corrected chi connectivity index (χ3v) is 3.85. The summed E-state index contributed by atoms with van der Waals surface area (Å²) in [6, 6.07) is 6.61. The first-order valence-corrected chi connectivity index (χ1v) is 9.18. The molecule has 1 rings (SSSR count). The average molecular weight is 339 g/mol. The summed E-state index contributed by atoms with van der Waals surface area (Å²) >= 11 is 0. The van der Waals surface area contributed by atoms with Gasteiger partial charge >= 0.3 is 0 Å². The molecule has 0 aromatic heterocycles. The molecule has 0 aliphatic carbocycles. The normalized spacial score (nSPS) is 10.6. The molecule has 0 heterocycles. The minimum atomic E-state index is 1.04. The van der Waals surface area contributed by atoms with E-state index >= 15 is 0 Å². The maximum Gasteiger partial charge on any atom is -0.0305 e. The predicted molar refractivity (Wildman–Crippen MR) is 118 cm³/mol. The van der Waals surface area contributed by atoms with Gasteiger partial charge in [0.15, 0.2) is 0 Å². The smallest absolute Gasteiger partial charge is 0.0305 e. The minimum absolute atomic E-state index is 1.04. The molecule has 0 unspecified atom stereocenters. The maximum atomic E-state index is 3.63. The lowest BCUT2D eigenvalue weighted by atomic mass is 10.0. The monoisotopic (exact) mass is 338 g/mol. The average Bonchev–Trinajstić information content (AvgIpc) is 2.62. The van der Waals surface area contributed by atoms with Crippen molar-refractivity contribution in [3.05, 3.63) is 96.2 Å². The Hall–Kier alpha value is -2.08. The second kappa shape index (κ2) is 16.8. The van der Waals surface area contributed by atoms with E-state index in [1.807, 2.05) is 24.3 Å². The number of hydrogen-bond donors (Lipinski definition) is 0. The Morgan fingerprint density at radius 1 is 0.920 bits per heavy atom. The molecule has 0 heteroatoms. The van der Waals surface area contributed by atoms with E-state index < -0.39 is 0 Å². The molecule has 0 atom stereocenters. The highest BCUT2D eigenvalue weighted by Crippen LogP contribution is 2.10. The van der Waals surface area contributed by atoms with Crippen molar-refractivity contribution in [2.24, 2.45) is 0 Å². The highest BCUT2D eigenvalue weighted by molar-refractivity contribution is 5.30. The van der Waals surface area contributed by atoms with Crippen molar-refractivity contribution in [1.82, 2.24) is 0 Å². The molecule has 1 aromatic rings. The topological polar surface area (TPSA) is 0 Å². The molecule has 0 spiro atoms. The van der Waals surface area contributed by atoms with E-state index in [-0.39, 0.29) is 0 Å². The van der Waals surface area contributed by atoms with Gasteiger partial charge in [-0.3, -0.25) is 0 Å². The molecule has 25 heavy (non-hydrogen) atoms. The zero-order chi connectivity index (χ0) is 19.7. The van der Waals surface area contributed by atoms with E-state index in [9.17, 15) is 0 Å². The zero-order valence-electron chi connectivity index (χ0n) is 17.4. The Labute approximate surface area is 157 Å². The van der Waals surface area contributed by atoms with Crippen molar-refractivity contribution in [2.45, 2.75) is 60.8 Å². The van der Waals surface area contributed by atoms with Gasteiger partial charge in [-0.25, -0.2) is 0 Å². The Morgan fingerprint density at radius 3 is 1.80 bits per heavy atom. The van der Waals surface area contributed by atoms with Crippen LogP contribution in [0, 0.1) is 13.8 Å². The summed E-state index contributed by atoms with van der Waals surface area (Å²) in [5.74, 6) is 0. The second-order valence-electron chi connectivity index (χ2n) is 5.92. The quantitative estimate of drug-likeness (QED) is 0.460. The van der Waals surface area contributed by atoms with Gasteiger partial charge in [0.1, 0.15) is 0 Å². The first-order chi connectivity index (χ1) is 11.9. The first-order valence-electron chi connectivity index (χ1n) is 9.18. The highest BCUT2D eigenvalue weighted by atomic mass is 14.0. The molecule has 0 saturated heterocycles. The summed E-state index contributed by atoms with van der Waals surface area (Å²) in [5.41, 5.74) is 6.87. The van der Waals surface area contributed by atoms with Gasteiger partial charge in [0.05, 0.1) is 0 Å². The van der Waals surface area contributed by atoms with Crippen LogP contribution >= 0.6 is 0 Å². The molecule has 0 fully saturated rings. The van der Waals surface area contributed by atoms with Crippen LogP contribution in [0.25, 0.3) is 0 Å². The molecule has 0 bridgehead atoms. The van der Waals surface area contributed by atoms with Crippen molar-refractivity contribution in [2.75, 3.05) is 0 Å². The van der Waals surface area contributed by atoms with E-state index in [2.05, 4.69) is 79.5 Å². The SMILES string of the molecule is C=C/C=C(/C)CC.C=C/C=C(\C=C)CC.CCc1cc(C)ccc1C. The third-order valence-electron chi connectivity index (χ3n) is 3.85. The van der Waals surface area contributed by atoms with Crippen LogP contribution in [0.3, 0.4) is 0 Å². The number of rotatable bonds is 6. The van der Waals surface area contributed by atoms with Gasteiger partial charge in [0, 0.05) is 0 Å². The molecule has 138 valence electrons. The van der Waals surface area contributed by atoms with E-state index in [1.165, 1.54) is 27.8 Å². The first kappa shape index (κ1) is 25.2. The van der Waals surface area contributed by atoms with Crippen LogP contribution < -0.4 is 0 Å². The Kier molecular flexibility index (Phi) is 16.9. The molecular formula is C25H38. The van der Waals surface area contributed by atoms with Crippen LogP contribution in [0.2, 0.25) is 0 Å². The van der Waals surface area contributed by atoms with Gasteiger partial charge < -0.3 is 0 Å². The van der Waals surface area contributed by atoms with Gasteiger partial charge in [-0.05, 0) is 56.7 Å². The maximum absolute atomic E-state index is 3.63. The van der Waals surface area contributed by atoms with Gasteiger partial charge in [0.2, 0.25) is 0 Å². The van der Waals surface area contributed by atoms with E-state index in [0.29, 0.717) is 0 Å². The summed E-state index contributed by atoms with van der Waals surface area (Å²) in [5, 5.41) is 0. The molecule has 0 aliphatic heterocycles. The third kappa shape index (κ3) is 14.0. The molecular weight excluding hydrogens is 300 g/mol. The summed E-state index contributed by atoms with van der Waals surface area (Å²) in [4.78, 5) is 0. The van der Waals surface area contributed by atoms with E-state index in [0.717, 1.165) is 19.3 Å². The van der Waals surface area contributed by atoms with Crippen molar-refractivity contribution >= 4 is 0 Å². The second-order valence-corrected chi connectivity index (χ2v) is 5.92. The van der Waals surface area contributed by atoms with Crippen LogP contribution in [0.1, 0.15) is 57.2 Å². The van der Waals surface area contributed by atoms with E-state index in [4.69, 9.17) is 0 Å². The molecule has 0 radical (unpaired) electrons. The Bertz CT molecular complexity index is 568. The molecule has 0 saturated carbocycles. The van der Waals surface area contributed by atoms with Gasteiger partial charge in [-0.2, -0.15) is 0 Å². The van der Waals surface area contributed by atoms with Gasteiger partial charge in [-0.1, -0.05) is 100 Å². The van der Waals surface area contributed by atoms with Crippen LogP contribution in [-0.4, -0.2) is 0 Å². The van der Waals surface area contributed by atoms with Crippen molar-refractivity contribution in [3.63, 3.8) is 0 Å². The number of aryl methyl sites for hydroxylation is 3. The van der Waals surface area contributed by atoms with Crippen LogP contribution in [0.5, 0.6) is 0 Å². The van der Waals surface area contributed by atoms with Crippen molar-refractivity contribution < 1.29 is 0 Å². The van der Waals surface area contributed by atoms with Crippen molar-refractivity contribution in [3.8, 4) is 0 Å². The largest absolute Gasteiger partial charge is 0.0991 e. The fourth-order valence-corrected chi connectivity index (χ4v) is 1.98. The summed E-state index contributed by atoms with van der Waals surface area (Å²) in [7, 11) is 0. The lowest BCUT2D eigenvalue weighted by molar-refractivity contribution is 1.10. The lowest BCUT2D eigenvalue weighted by Gasteiger charge is -2.02. The van der Waals surface area contributed by atoms with Crippen LogP contribution in [-0.2, 0) is 6.42 Å². The van der Waals surface area contributed by atoms with Crippen LogP contribution in [0.15, 0.2) is 79.5 Å². The number of allylic oxidation sites excluding steroid dienone is 7. The standard InChI is InChI=1S/C10H14.C8H12.C7H12/c1-4-10-7-8(2)5-6-9(10)3;1-4-7-8(5-2)6-3;1-4-6-7(3)5-2/h5-7H,4H2,1-3H3;4-5,7H,1-2,6H2,3H3;4,6H,1,5H2,2-3H3/b;8-7+;7-6-. The molecule has 0 aliphatic rings. The Morgan fingerprint density at radius 2 is 1.52 bits per heavy atom. The fourth-order valence-electron chi connectivity index (χ4n) is 1.98. The zero-order valence-corrected chi connectivity index (χ0v) is 17.4. The highest BCUT2D eigenvalue weighted by Gasteiger charge is 1.93. The molecule has 0 N–H and O–H groups in total. The fraction of sp³-hybridized carbons (Fsp3) is 0.360. The summed E-state index contributed by atoms with van der Waals surface area (Å²) in [6.45, 7) is 23.6. The van der Waals surface area contributed by atoms with Crippen molar-refractivity contribution in [1.29, 1.82) is 0 Å². The number of hydrogen-bond acceptors (Lipinski definition) is 0. The lowest BCUT2D eigenvalue weighted by Crippen LogP contribution is -1.86. The predicted octanol–water partition coefficient (Wildman–Crippen LogP) is 8.09. The molecule has 0 amide bonds. The Balaban J connectivity index is 0. The van der Waals surface area contributed by atoms with E-state index in [1.54, 1.807) is 6.08 Å². The number of benzene rings is 1. The molecule has 0 nitrogen and oxygen atoms in total.